The number of nitrogens with one attached hydrogen (secondary N) is 3. The number of piperazine rings is 1. The van der Waals surface area contributed by atoms with Crippen molar-refractivity contribution in [3.05, 3.63) is 70.9 Å². The first-order valence-electron chi connectivity index (χ1n) is 12.5. The minimum atomic E-state index is -5.06. The number of fused-ring (bicyclic) bond motifs is 1. The topological polar surface area (TPSA) is 77.2 Å². The molecule has 0 aliphatic carbocycles. The number of para-hydroxylation sites is 1. The highest BCUT2D eigenvalue weighted by Gasteiger charge is 2.40. The van der Waals surface area contributed by atoms with Crippen LogP contribution in [0.3, 0.4) is 0 Å². The number of nitrogens with zero attached hydrogens (tertiary/aromatic N) is 1. The highest BCUT2D eigenvalue weighted by atomic mass is 19.4. The summed E-state index contributed by atoms with van der Waals surface area (Å²) in [4.78, 5) is 29.4. The lowest BCUT2D eigenvalue weighted by molar-refractivity contribution is -0.143. The van der Waals surface area contributed by atoms with Gasteiger partial charge in [0.15, 0.2) is 0 Å². The van der Waals surface area contributed by atoms with Gasteiger partial charge in [0.05, 0.1) is 17.2 Å². The van der Waals surface area contributed by atoms with Crippen molar-refractivity contribution in [2.75, 3.05) is 19.6 Å². The van der Waals surface area contributed by atoms with Crippen LogP contribution in [0.5, 0.6) is 0 Å². The van der Waals surface area contributed by atoms with E-state index >= 15 is 0 Å². The summed E-state index contributed by atoms with van der Waals surface area (Å²) in [6.45, 7) is 2.20. The smallest absolute Gasteiger partial charge is 0.361 e. The fourth-order valence-corrected chi connectivity index (χ4v) is 5.04. The molecule has 1 fully saturated rings. The molecular weight excluding hydrogens is 526 g/mol. The molecule has 0 spiro atoms. The Morgan fingerprint density at radius 3 is 2.33 bits per heavy atom. The second kappa shape index (κ2) is 11.3. The second-order valence-electron chi connectivity index (χ2n) is 9.61. The van der Waals surface area contributed by atoms with Crippen LogP contribution in [0.1, 0.15) is 46.8 Å². The van der Waals surface area contributed by atoms with E-state index < -0.39 is 41.0 Å². The van der Waals surface area contributed by atoms with E-state index in [0.29, 0.717) is 44.5 Å². The zero-order valence-electron chi connectivity index (χ0n) is 21.0. The van der Waals surface area contributed by atoms with Gasteiger partial charge in [0, 0.05) is 55.3 Å². The predicted molar refractivity (Wildman–Crippen MR) is 133 cm³/mol. The van der Waals surface area contributed by atoms with Crippen molar-refractivity contribution in [2.24, 2.45) is 0 Å². The lowest BCUT2D eigenvalue weighted by atomic mass is 9.91. The van der Waals surface area contributed by atoms with Crippen LogP contribution in [0.2, 0.25) is 0 Å². The van der Waals surface area contributed by atoms with E-state index in [1.54, 1.807) is 6.20 Å². The van der Waals surface area contributed by atoms with E-state index in [4.69, 9.17) is 0 Å². The SMILES string of the molecule is CC(=O)NCCCC1NCCN(C(=O)c2cc(C(F)(F)F)cc(C(F)(F)F)c2)C1Cc1c[nH]c2ccccc12. The van der Waals surface area contributed by atoms with Crippen LogP contribution in [0, 0.1) is 0 Å². The average molecular weight is 555 g/mol. The standard InChI is InChI=1S/C27H28F6N4O2/c1-16(38)34-8-4-7-23-24(13-18-15-36-22-6-3-2-5-21(18)22)37(10-9-35-23)25(39)17-11-19(26(28,29)30)14-20(12-17)27(31,32)33/h2-3,5-6,11-12,14-15,23-24,35-36H,4,7-10,13H2,1H3,(H,34,38). The quantitative estimate of drug-likeness (QED) is 0.280. The molecule has 6 nitrogen and oxygen atoms in total. The van der Waals surface area contributed by atoms with Gasteiger partial charge in [0.25, 0.3) is 5.91 Å². The molecule has 2 heterocycles. The second-order valence-corrected chi connectivity index (χ2v) is 9.61. The van der Waals surface area contributed by atoms with Gasteiger partial charge in [-0.1, -0.05) is 18.2 Å². The summed E-state index contributed by atoms with van der Waals surface area (Å²) in [6.07, 6.45) is -6.93. The molecule has 1 saturated heterocycles. The van der Waals surface area contributed by atoms with Crippen LogP contribution in [-0.2, 0) is 23.6 Å². The summed E-state index contributed by atoms with van der Waals surface area (Å²) in [7, 11) is 0. The Labute approximate surface area is 220 Å². The number of rotatable bonds is 7. The average Bonchev–Trinajstić information content (AvgIpc) is 3.28. The predicted octanol–water partition coefficient (Wildman–Crippen LogP) is 5.15. The Morgan fingerprint density at radius 2 is 1.69 bits per heavy atom. The van der Waals surface area contributed by atoms with Gasteiger partial charge in [-0.15, -0.1) is 0 Å². The third-order valence-electron chi connectivity index (χ3n) is 6.89. The molecule has 2 aromatic carbocycles. The van der Waals surface area contributed by atoms with Gasteiger partial charge in [0.2, 0.25) is 5.91 Å². The van der Waals surface area contributed by atoms with Crippen molar-refractivity contribution in [1.82, 2.24) is 20.5 Å². The number of H-pyrrole nitrogens is 1. The fraction of sp³-hybridized carbons (Fsp3) is 0.407. The van der Waals surface area contributed by atoms with Crippen LogP contribution in [0.25, 0.3) is 10.9 Å². The van der Waals surface area contributed by atoms with Gasteiger partial charge in [-0.25, -0.2) is 0 Å². The van der Waals surface area contributed by atoms with E-state index in [0.717, 1.165) is 16.5 Å². The molecule has 12 heteroatoms. The number of halogens is 6. The molecule has 0 saturated carbocycles. The minimum Gasteiger partial charge on any atom is -0.361 e. The molecule has 2 unspecified atom stereocenters. The van der Waals surface area contributed by atoms with Crippen LogP contribution in [-0.4, -0.2) is 53.4 Å². The first kappa shape index (κ1) is 28.5. The molecule has 2 amide bonds. The van der Waals surface area contributed by atoms with E-state index in [1.165, 1.54) is 11.8 Å². The molecule has 4 rings (SSSR count). The van der Waals surface area contributed by atoms with Crippen LogP contribution >= 0.6 is 0 Å². The van der Waals surface area contributed by atoms with Crippen molar-refractivity contribution in [3.8, 4) is 0 Å². The zero-order valence-corrected chi connectivity index (χ0v) is 21.0. The number of carbonyl (C=O) groups is 2. The molecular formula is C27H28F6N4O2. The summed E-state index contributed by atoms with van der Waals surface area (Å²) in [6, 6.07) is 7.60. The molecule has 210 valence electrons. The van der Waals surface area contributed by atoms with Gasteiger partial charge in [-0.2, -0.15) is 26.3 Å². The molecule has 0 bridgehead atoms. The number of hydrogen-bond donors (Lipinski definition) is 3. The molecule has 3 N–H and O–H groups in total. The lowest BCUT2D eigenvalue weighted by Gasteiger charge is -2.42. The highest BCUT2D eigenvalue weighted by molar-refractivity contribution is 5.95. The maximum absolute atomic E-state index is 13.6. The van der Waals surface area contributed by atoms with E-state index in [-0.39, 0.29) is 24.6 Å². The zero-order chi connectivity index (χ0) is 28.4. The Morgan fingerprint density at radius 1 is 1.03 bits per heavy atom. The van der Waals surface area contributed by atoms with Gasteiger partial charge < -0.3 is 20.5 Å². The lowest BCUT2D eigenvalue weighted by Crippen LogP contribution is -2.60. The monoisotopic (exact) mass is 554 g/mol. The van der Waals surface area contributed by atoms with E-state index in [2.05, 4.69) is 15.6 Å². The Hall–Kier alpha value is -3.54. The van der Waals surface area contributed by atoms with Gasteiger partial charge in [-0.3, -0.25) is 9.59 Å². The largest absolute Gasteiger partial charge is 0.416 e. The van der Waals surface area contributed by atoms with Gasteiger partial charge in [0.1, 0.15) is 0 Å². The van der Waals surface area contributed by atoms with Gasteiger partial charge in [-0.05, 0) is 49.1 Å². The number of hydrogen-bond acceptors (Lipinski definition) is 3. The van der Waals surface area contributed by atoms with E-state index in [1.807, 2.05) is 24.3 Å². The number of aromatic nitrogens is 1. The van der Waals surface area contributed by atoms with Crippen molar-refractivity contribution in [2.45, 2.75) is 50.6 Å². The molecule has 1 aliphatic heterocycles. The van der Waals surface area contributed by atoms with Crippen molar-refractivity contribution >= 4 is 22.7 Å². The Bertz CT molecular complexity index is 1300. The Balaban J connectivity index is 1.69. The number of aromatic amines is 1. The summed E-state index contributed by atoms with van der Waals surface area (Å²) in [5, 5.41) is 6.96. The first-order valence-corrected chi connectivity index (χ1v) is 12.5. The Kier molecular flexibility index (Phi) is 8.24. The summed E-state index contributed by atoms with van der Waals surface area (Å²) in [5.74, 6) is -1.09. The third kappa shape index (κ3) is 6.73. The molecule has 1 aliphatic rings. The van der Waals surface area contributed by atoms with Crippen LogP contribution < -0.4 is 10.6 Å². The number of carbonyl (C=O) groups excluding carboxylic acids is 2. The maximum Gasteiger partial charge on any atom is 0.416 e. The third-order valence-corrected chi connectivity index (χ3v) is 6.89. The normalized spacial score (nSPS) is 18.4. The minimum absolute atomic E-state index is 0.0167. The number of amides is 2. The summed E-state index contributed by atoms with van der Waals surface area (Å²) < 4.78 is 80.8. The van der Waals surface area contributed by atoms with Crippen LogP contribution in [0.4, 0.5) is 26.3 Å². The van der Waals surface area contributed by atoms with Crippen molar-refractivity contribution in [3.63, 3.8) is 0 Å². The molecule has 39 heavy (non-hydrogen) atoms. The van der Waals surface area contributed by atoms with Crippen LogP contribution in [0.15, 0.2) is 48.7 Å². The fourth-order valence-electron chi connectivity index (χ4n) is 5.04. The van der Waals surface area contributed by atoms with Crippen molar-refractivity contribution < 1.29 is 35.9 Å². The summed E-state index contributed by atoms with van der Waals surface area (Å²) >= 11 is 0. The van der Waals surface area contributed by atoms with E-state index in [9.17, 15) is 35.9 Å². The molecule has 2 atom stereocenters. The first-order chi connectivity index (χ1) is 18.3. The highest BCUT2D eigenvalue weighted by Crippen LogP contribution is 2.37. The number of alkyl halides is 6. The molecule has 0 radical (unpaired) electrons. The summed E-state index contributed by atoms with van der Waals surface area (Å²) in [5.41, 5.74) is -2.00. The maximum atomic E-state index is 13.6. The number of benzene rings is 2. The molecule has 3 aromatic rings. The van der Waals surface area contributed by atoms with Crippen molar-refractivity contribution in [1.29, 1.82) is 0 Å². The van der Waals surface area contributed by atoms with Gasteiger partial charge >= 0.3 is 12.4 Å². The molecule has 1 aromatic heterocycles.